The van der Waals surface area contributed by atoms with Gasteiger partial charge in [0.15, 0.2) is 11.9 Å². The van der Waals surface area contributed by atoms with Crippen LogP contribution in [0.4, 0.5) is 13.2 Å². The van der Waals surface area contributed by atoms with E-state index in [1.54, 1.807) is 13.0 Å². The second-order valence-electron chi connectivity index (χ2n) is 5.26. The van der Waals surface area contributed by atoms with Crippen LogP contribution >= 0.6 is 0 Å². The molecule has 1 saturated heterocycles. The van der Waals surface area contributed by atoms with Crippen LogP contribution in [-0.4, -0.2) is 37.7 Å². The van der Waals surface area contributed by atoms with Crippen molar-refractivity contribution in [3.05, 3.63) is 17.5 Å². The van der Waals surface area contributed by atoms with Gasteiger partial charge in [-0.2, -0.15) is 13.2 Å². The van der Waals surface area contributed by atoms with Crippen molar-refractivity contribution >= 4 is 10.0 Å². The number of sulfonamides is 1. The van der Waals surface area contributed by atoms with Gasteiger partial charge >= 0.3 is 6.18 Å². The Bertz CT molecular complexity index is 600. The predicted molar refractivity (Wildman–Crippen MR) is 70.4 cm³/mol. The maximum Gasteiger partial charge on any atom is 0.414 e. The zero-order chi connectivity index (χ0) is 16.4. The van der Waals surface area contributed by atoms with Gasteiger partial charge in [0, 0.05) is 6.07 Å². The van der Waals surface area contributed by atoms with E-state index in [1.165, 1.54) is 0 Å². The van der Waals surface area contributed by atoms with E-state index in [-0.39, 0.29) is 25.8 Å². The van der Waals surface area contributed by atoms with Crippen LogP contribution in [0.15, 0.2) is 10.6 Å². The lowest BCUT2D eigenvalue weighted by Gasteiger charge is -2.31. The fourth-order valence-corrected chi connectivity index (χ4v) is 3.46. The number of ether oxygens (including phenoxy) is 1. The molecule has 1 aromatic rings. The van der Waals surface area contributed by atoms with Crippen LogP contribution in [0.3, 0.4) is 0 Å². The first kappa shape index (κ1) is 17.2. The van der Waals surface area contributed by atoms with E-state index in [0.29, 0.717) is 11.5 Å². The molecule has 6 nitrogen and oxygen atoms in total. The molecule has 0 saturated carbocycles. The maximum atomic E-state index is 12.6. The molecule has 22 heavy (non-hydrogen) atoms. The second kappa shape index (κ2) is 6.55. The van der Waals surface area contributed by atoms with Crippen molar-refractivity contribution < 1.29 is 30.8 Å². The quantitative estimate of drug-likeness (QED) is 0.884. The molecule has 1 aliphatic heterocycles. The van der Waals surface area contributed by atoms with Gasteiger partial charge in [0.05, 0.1) is 24.1 Å². The van der Waals surface area contributed by atoms with Gasteiger partial charge in [0.25, 0.3) is 0 Å². The highest BCUT2D eigenvalue weighted by molar-refractivity contribution is 7.89. The Hall–Kier alpha value is -1.13. The van der Waals surface area contributed by atoms with Crippen LogP contribution in [0.25, 0.3) is 0 Å². The first-order valence-corrected chi connectivity index (χ1v) is 8.42. The summed E-state index contributed by atoms with van der Waals surface area (Å²) in [4.78, 5) is 0. The Kier molecular flexibility index (Phi) is 5.13. The fraction of sp³-hybridized carbons (Fsp3) is 0.750. The van der Waals surface area contributed by atoms with Crippen molar-refractivity contribution in [1.29, 1.82) is 0 Å². The lowest BCUT2D eigenvalue weighted by molar-refractivity contribution is -0.242. The third-order valence-corrected chi connectivity index (χ3v) is 4.66. The van der Waals surface area contributed by atoms with Gasteiger partial charge in [-0.05, 0) is 26.2 Å². The number of hydrogen-bond donors (Lipinski definition) is 1. The van der Waals surface area contributed by atoms with Gasteiger partial charge in [-0.15, -0.1) is 0 Å². The molecule has 2 heterocycles. The van der Waals surface area contributed by atoms with E-state index in [9.17, 15) is 21.6 Å². The highest BCUT2D eigenvalue weighted by Crippen LogP contribution is 2.32. The minimum absolute atomic E-state index is 0.0986. The topological polar surface area (TPSA) is 81.4 Å². The Balaban J connectivity index is 1.88. The average Bonchev–Trinajstić information content (AvgIpc) is 2.81. The summed E-state index contributed by atoms with van der Waals surface area (Å²) in [5.41, 5.74) is 0.609. The van der Waals surface area contributed by atoms with E-state index in [4.69, 9.17) is 9.26 Å². The first-order valence-electron chi connectivity index (χ1n) is 6.77. The molecule has 0 spiro atoms. The normalized spacial score (nSPS) is 23.6. The average molecular weight is 342 g/mol. The Labute approximate surface area is 126 Å². The summed E-state index contributed by atoms with van der Waals surface area (Å²) in [5, 5.41) is 3.61. The third-order valence-electron chi connectivity index (χ3n) is 3.26. The van der Waals surface area contributed by atoms with Crippen molar-refractivity contribution in [1.82, 2.24) is 9.88 Å². The Morgan fingerprint density at radius 3 is 2.73 bits per heavy atom. The zero-order valence-electron chi connectivity index (χ0n) is 11.9. The van der Waals surface area contributed by atoms with Crippen molar-refractivity contribution in [2.75, 3.05) is 5.75 Å². The number of nitrogens with zero attached hydrogens (tertiary/aromatic N) is 1. The lowest BCUT2D eigenvalue weighted by atomic mass is 10.0. The molecule has 1 N–H and O–H groups in total. The van der Waals surface area contributed by atoms with E-state index in [0.717, 1.165) is 0 Å². The number of nitrogens with one attached hydrogen (secondary N) is 1. The minimum atomic E-state index is -4.47. The molecule has 0 amide bonds. The van der Waals surface area contributed by atoms with Crippen LogP contribution in [0, 0.1) is 6.92 Å². The molecule has 10 heteroatoms. The van der Waals surface area contributed by atoms with Gasteiger partial charge in [-0.1, -0.05) is 5.16 Å². The van der Waals surface area contributed by atoms with Crippen LogP contribution in [-0.2, 0) is 21.3 Å². The molecule has 0 bridgehead atoms. The summed E-state index contributed by atoms with van der Waals surface area (Å²) < 4.78 is 73.6. The largest absolute Gasteiger partial charge is 0.414 e. The molecule has 0 radical (unpaired) electrons. The summed E-state index contributed by atoms with van der Waals surface area (Å²) in [6, 6.07) is 1.57. The number of aryl methyl sites for hydroxylation is 1. The zero-order valence-corrected chi connectivity index (χ0v) is 12.7. The highest BCUT2D eigenvalue weighted by atomic mass is 32.2. The Morgan fingerprint density at radius 2 is 2.14 bits per heavy atom. The van der Waals surface area contributed by atoms with Gasteiger partial charge < -0.3 is 9.26 Å². The maximum absolute atomic E-state index is 12.6. The van der Waals surface area contributed by atoms with E-state index in [1.807, 2.05) is 0 Å². The van der Waals surface area contributed by atoms with Gasteiger partial charge in [0.1, 0.15) is 0 Å². The van der Waals surface area contributed by atoms with Crippen molar-refractivity contribution in [3.63, 3.8) is 0 Å². The smallest absolute Gasteiger partial charge is 0.364 e. The fourth-order valence-electron chi connectivity index (χ4n) is 2.25. The third kappa shape index (κ3) is 4.96. The highest BCUT2D eigenvalue weighted by Gasteiger charge is 2.44. The summed E-state index contributed by atoms with van der Waals surface area (Å²) in [5.74, 6) is -0.175. The number of hydrogen-bond acceptors (Lipinski definition) is 5. The Morgan fingerprint density at radius 1 is 1.41 bits per heavy atom. The van der Waals surface area contributed by atoms with Gasteiger partial charge in [-0.25, -0.2) is 13.1 Å². The van der Waals surface area contributed by atoms with Gasteiger partial charge in [0.2, 0.25) is 10.0 Å². The summed E-state index contributed by atoms with van der Waals surface area (Å²) in [6.45, 7) is 1.59. The molecule has 1 aromatic heterocycles. The lowest BCUT2D eigenvalue weighted by Crippen LogP contribution is -2.42. The SMILES string of the molecule is Cc1cc(CNS(=O)(=O)CC2CCCC(C(F)(F)F)O2)on1. The number of aromatic nitrogens is 1. The van der Waals surface area contributed by atoms with Gasteiger partial charge in [-0.3, -0.25) is 0 Å². The molecule has 0 aromatic carbocycles. The molecule has 2 atom stereocenters. The van der Waals surface area contributed by atoms with Crippen molar-refractivity contribution in [2.24, 2.45) is 0 Å². The first-order chi connectivity index (χ1) is 10.2. The van der Waals surface area contributed by atoms with Crippen molar-refractivity contribution in [3.8, 4) is 0 Å². The summed E-state index contributed by atoms with van der Waals surface area (Å²) in [6.07, 6.45) is -6.88. The predicted octanol–water partition coefficient (Wildman–Crippen LogP) is 1.90. The van der Waals surface area contributed by atoms with E-state index in [2.05, 4.69) is 9.88 Å². The molecule has 2 rings (SSSR count). The minimum Gasteiger partial charge on any atom is -0.364 e. The molecule has 0 aliphatic carbocycles. The summed E-state index contributed by atoms with van der Waals surface area (Å²) >= 11 is 0. The number of halogens is 3. The van der Waals surface area contributed by atoms with E-state index >= 15 is 0 Å². The molecule has 2 unspecified atom stereocenters. The van der Waals surface area contributed by atoms with E-state index < -0.39 is 34.2 Å². The molecule has 1 aliphatic rings. The van der Waals surface area contributed by atoms with Crippen molar-refractivity contribution in [2.45, 2.75) is 51.1 Å². The number of rotatable bonds is 5. The van der Waals surface area contributed by atoms with Crippen LogP contribution in [0.1, 0.15) is 30.7 Å². The van der Waals surface area contributed by atoms with Crippen LogP contribution in [0.5, 0.6) is 0 Å². The monoisotopic (exact) mass is 342 g/mol. The molecule has 1 fully saturated rings. The molecular formula is C12H17F3N2O4S. The summed E-state index contributed by atoms with van der Waals surface area (Å²) in [7, 11) is -3.77. The van der Waals surface area contributed by atoms with Crippen LogP contribution in [0.2, 0.25) is 0 Å². The standard InChI is InChI=1S/C12H17F3N2O4S/c1-8-5-10(21-17-8)6-16-22(18,19)7-9-3-2-4-11(20-9)12(13,14)15/h5,9,11,16H,2-4,6-7H2,1H3. The second-order valence-corrected chi connectivity index (χ2v) is 7.11. The number of alkyl halides is 3. The molecular weight excluding hydrogens is 325 g/mol. The van der Waals surface area contributed by atoms with Crippen LogP contribution < -0.4 is 4.72 Å². The molecule has 126 valence electrons.